The third-order valence-electron chi connectivity index (χ3n) is 10.4. The van der Waals surface area contributed by atoms with Crippen molar-refractivity contribution in [2.75, 3.05) is 13.2 Å². The molecule has 2 atom stereocenters. The Kier molecular flexibility index (Phi) is 18.9. The quantitative estimate of drug-likeness (QED) is 0.0644. The van der Waals surface area contributed by atoms with Crippen molar-refractivity contribution in [2.45, 2.75) is 25.0 Å². The summed E-state index contributed by atoms with van der Waals surface area (Å²) < 4.78 is 11.2. The number of rotatable bonds is 14. The molecule has 7 aromatic carbocycles. The number of allylic oxidation sites excluding steroid dienone is 1. The van der Waals surface area contributed by atoms with Gasteiger partial charge in [0.15, 0.2) is 0 Å². The van der Waals surface area contributed by atoms with Crippen LogP contribution in [0.3, 0.4) is 0 Å². The second kappa shape index (κ2) is 25.9. The SMILES string of the molecule is C=CCCc1ccnc(-c2[c-]cccc2)c1.O/C(=C\C(O)COc1ccc(-c2ccccc2)cc1)COc1ccc(-c2ccccc2)cc1.[Ir+3].[c-]1ccccc1C1[N-]C=Cc2ccccc21. The van der Waals surface area contributed by atoms with Crippen molar-refractivity contribution in [3.8, 4) is 45.0 Å². The van der Waals surface area contributed by atoms with Gasteiger partial charge in [0, 0.05) is 6.20 Å². The van der Waals surface area contributed by atoms with E-state index in [2.05, 4.69) is 77.6 Å². The average Bonchev–Trinajstić information content (AvgIpc) is 3.38. The summed E-state index contributed by atoms with van der Waals surface area (Å²) in [5.41, 5.74) is 11.4. The van der Waals surface area contributed by atoms with Gasteiger partial charge in [0.1, 0.15) is 36.6 Å². The van der Waals surface area contributed by atoms with E-state index in [1.807, 2.05) is 170 Å². The van der Waals surface area contributed by atoms with Gasteiger partial charge in [-0.05, 0) is 82.8 Å². The molecule has 2 N–H and O–H groups in total. The molecule has 2 unspecified atom stereocenters. The zero-order valence-electron chi connectivity index (χ0n) is 36.5. The molecule has 0 saturated carbocycles. The zero-order valence-corrected chi connectivity index (χ0v) is 38.9. The van der Waals surface area contributed by atoms with Gasteiger partial charge in [-0.2, -0.15) is 42.1 Å². The van der Waals surface area contributed by atoms with Crippen molar-refractivity contribution in [3.05, 3.63) is 271 Å². The first kappa shape index (κ1) is 48.2. The molecule has 8 aromatic rings. The van der Waals surface area contributed by atoms with E-state index >= 15 is 0 Å². The van der Waals surface area contributed by atoms with Crippen LogP contribution in [-0.2, 0) is 26.5 Å². The van der Waals surface area contributed by atoms with Crippen LogP contribution in [0.1, 0.15) is 34.7 Å². The van der Waals surface area contributed by atoms with Gasteiger partial charge in [0.05, 0.1) is 0 Å². The number of aromatic nitrogens is 1. The van der Waals surface area contributed by atoms with Crippen LogP contribution in [0.5, 0.6) is 11.5 Å². The Labute approximate surface area is 402 Å². The molecule has 1 aliphatic rings. The van der Waals surface area contributed by atoms with Crippen LogP contribution in [0.25, 0.3) is 44.9 Å². The maximum Gasteiger partial charge on any atom is 3.00 e. The van der Waals surface area contributed by atoms with Crippen molar-refractivity contribution in [2.24, 2.45) is 0 Å². The van der Waals surface area contributed by atoms with E-state index < -0.39 is 6.10 Å². The van der Waals surface area contributed by atoms with Crippen molar-refractivity contribution in [3.63, 3.8) is 0 Å². The minimum Gasteiger partial charge on any atom is -0.682 e. The molecule has 2 heterocycles. The van der Waals surface area contributed by atoms with Gasteiger partial charge >= 0.3 is 20.1 Å². The standard InChI is InChI=1S/C29H26O4.C15H11N.C15H14N.Ir/c30-26(20-32-28-15-11-24(12-16-28)22-7-3-1-4-8-22)19-27(31)21-33-29-17-13-25(14-18-29)23-9-5-2-6-10-23;1-2-7-13(8-3-1)15-14-9-5-4-6-12(14)10-11-16-15;1-2-3-7-13-10-11-16-15(12-13)14-8-5-4-6-9-14;/h1-19,26,30-31H,20-21H2;1-7,9-11,15H;2,4-6,8,10-12H,1,3,7H2;/q;-2;-1;+3/b27-19-;;;. The van der Waals surface area contributed by atoms with Crippen LogP contribution in [0.15, 0.2) is 231 Å². The van der Waals surface area contributed by atoms with Gasteiger partial charge in [-0.3, -0.25) is 0 Å². The molecule has 66 heavy (non-hydrogen) atoms. The smallest absolute Gasteiger partial charge is 0.682 e. The number of aliphatic hydroxyl groups is 2. The fraction of sp³-hybridized carbons (Fsp3) is 0.102. The van der Waals surface area contributed by atoms with Crippen LogP contribution in [0.4, 0.5) is 0 Å². The Morgan fingerprint density at radius 1 is 0.682 bits per heavy atom. The van der Waals surface area contributed by atoms with Crippen molar-refractivity contribution < 1.29 is 39.8 Å². The fourth-order valence-electron chi connectivity index (χ4n) is 7.03. The fourth-order valence-corrected chi connectivity index (χ4v) is 7.03. The molecule has 0 bridgehead atoms. The number of hydrogen-bond donors (Lipinski definition) is 2. The molecule has 0 saturated heterocycles. The largest absolute Gasteiger partial charge is 3.00 e. The third-order valence-corrected chi connectivity index (χ3v) is 10.4. The molecule has 330 valence electrons. The van der Waals surface area contributed by atoms with E-state index in [1.54, 1.807) is 0 Å². The van der Waals surface area contributed by atoms with E-state index in [0.717, 1.165) is 51.9 Å². The first-order valence-corrected chi connectivity index (χ1v) is 21.6. The molecule has 1 aliphatic heterocycles. The Morgan fingerprint density at radius 2 is 1.27 bits per heavy atom. The average molecular weight is 1040 g/mol. The number of hydrogen-bond acceptors (Lipinski definition) is 5. The molecule has 0 aliphatic carbocycles. The second-order valence-electron chi connectivity index (χ2n) is 15.1. The molecular formula is C59H51IrN2O4. The second-order valence-corrected chi connectivity index (χ2v) is 15.1. The summed E-state index contributed by atoms with van der Waals surface area (Å²) in [6.07, 6.45) is 10.1. The molecule has 0 radical (unpaired) electrons. The van der Waals surface area contributed by atoms with E-state index in [9.17, 15) is 10.2 Å². The van der Waals surface area contributed by atoms with Gasteiger partial charge in [-0.25, -0.2) is 0 Å². The molecular weight excluding hydrogens is 993 g/mol. The predicted molar refractivity (Wildman–Crippen MR) is 264 cm³/mol. The Hall–Kier alpha value is -7.28. The van der Waals surface area contributed by atoms with Crippen LogP contribution >= 0.6 is 0 Å². The van der Waals surface area contributed by atoms with Crippen molar-refractivity contribution >= 4 is 6.08 Å². The Balaban J connectivity index is 0.000000182. The van der Waals surface area contributed by atoms with E-state index in [1.165, 1.54) is 22.8 Å². The van der Waals surface area contributed by atoms with Crippen LogP contribution in [0.2, 0.25) is 0 Å². The first-order chi connectivity index (χ1) is 32.0. The van der Waals surface area contributed by atoms with Gasteiger partial charge in [0.25, 0.3) is 0 Å². The predicted octanol–water partition coefficient (Wildman–Crippen LogP) is 13.9. The number of aliphatic hydroxyl groups excluding tert-OH is 2. The summed E-state index contributed by atoms with van der Waals surface area (Å²) in [5, 5.41) is 24.8. The van der Waals surface area contributed by atoms with E-state index in [4.69, 9.17) is 9.47 Å². The normalized spacial score (nSPS) is 12.8. The van der Waals surface area contributed by atoms with E-state index in [0.29, 0.717) is 11.5 Å². The van der Waals surface area contributed by atoms with Gasteiger partial charge < -0.3 is 30.0 Å². The first-order valence-electron chi connectivity index (χ1n) is 21.6. The number of benzene rings is 7. The summed E-state index contributed by atoms with van der Waals surface area (Å²) in [7, 11) is 0. The minimum absolute atomic E-state index is 0. The summed E-state index contributed by atoms with van der Waals surface area (Å²) in [4.78, 5) is 4.36. The Morgan fingerprint density at radius 3 is 1.89 bits per heavy atom. The summed E-state index contributed by atoms with van der Waals surface area (Å²) in [6, 6.07) is 70.5. The Bertz CT molecular complexity index is 2710. The maximum absolute atomic E-state index is 10.2. The number of pyridine rings is 1. The minimum atomic E-state index is -0.956. The number of fused-ring (bicyclic) bond motifs is 1. The molecule has 1 aromatic heterocycles. The van der Waals surface area contributed by atoms with Gasteiger partial charge in [-0.15, -0.1) is 42.5 Å². The summed E-state index contributed by atoms with van der Waals surface area (Å²) in [6.45, 7) is 3.73. The van der Waals surface area contributed by atoms with Crippen molar-refractivity contribution in [1.82, 2.24) is 4.98 Å². The monoisotopic (exact) mass is 1040 g/mol. The van der Waals surface area contributed by atoms with Crippen molar-refractivity contribution in [1.29, 1.82) is 0 Å². The molecule has 7 heteroatoms. The summed E-state index contributed by atoms with van der Waals surface area (Å²) >= 11 is 0. The molecule has 0 fully saturated rings. The maximum atomic E-state index is 10.2. The zero-order chi connectivity index (χ0) is 44.9. The third kappa shape index (κ3) is 14.6. The molecule has 0 spiro atoms. The molecule has 9 rings (SSSR count). The van der Waals surface area contributed by atoms with Gasteiger partial charge in [-0.1, -0.05) is 145 Å². The molecule has 6 nitrogen and oxygen atoms in total. The van der Waals surface area contributed by atoms with Gasteiger partial charge in [0.2, 0.25) is 0 Å². The summed E-state index contributed by atoms with van der Waals surface area (Å²) in [5.74, 6) is 1.23. The number of aryl methyl sites for hydroxylation is 1. The van der Waals surface area contributed by atoms with Crippen LogP contribution in [0, 0.1) is 12.1 Å². The number of nitrogens with zero attached hydrogens (tertiary/aromatic N) is 2. The number of ether oxygens (including phenoxy) is 2. The van der Waals surface area contributed by atoms with E-state index in [-0.39, 0.29) is 45.1 Å². The topological polar surface area (TPSA) is 85.9 Å². The molecule has 0 amide bonds. The van der Waals surface area contributed by atoms with Crippen LogP contribution < -0.4 is 9.47 Å². The van der Waals surface area contributed by atoms with Crippen LogP contribution in [-0.4, -0.2) is 34.5 Å².